The van der Waals surface area contributed by atoms with Gasteiger partial charge in [0.05, 0.1) is 22.0 Å². The SMILES string of the molecule is CCN1C(=CC=CC=CC2=[N+](CC)c3ccccc3C2(C)C)C(C)(C)c2ccc(NS(=O)(=O)c3ccc(NC4CN(Cc5ccccc5)C4)cc3)cc21. The number of nitrogens with zero attached hydrogens (tertiary/aromatic N) is 3. The molecule has 1 saturated heterocycles. The summed E-state index contributed by atoms with van der Waals surface area (Å²) in [5.74, 6) is 0. The van der Waals surface area contributed by atoms with Gasteiger partial charge in [-0.1, -0.05) is 86.7 Å². The number of hydrogen-bond donors (Lipinski definition) is 2. The summed E-state index contributed by atoms with van der Waals surface area (Å²) in [6.07, 6.45) is 10.8. The fourth-order valence-electron chi connectivity index (χ4n) is 8.24. The Balaban J connectivity index is 1.01. The Hall–Kier alpha value is -4.92. The molecule has 53 heavy (non-hydrogen) atoms. The maximum atomic E-state index is 13.5. The van der Waals surface area contributed by atoms with Crippen LogP contribution in [0, 0.1) is 0 Å². The van der Waals surface area contributed by atoms with E-state index in [0.717, 1.165) is 44.1 Å². The third-order valence-electron chi connectivity index (χ3n) is 11.0. The number of fused-ring (bicyclic) bond motifs is 2. The van der Waals surface area contributed by atoms with Crippen LogP contribution in [0.15, 0.2) is 138 Å². The molecule has 0 bridgehead atoms. The lowest BCUT2D eigenvalue weighted by molar-refractivity contribution is -0.433. The summed E-state index contributed by atoms with van der Waals surface area (Å²) in [6, 6.07) is 32.5. The molecule has 0 amide bonds. The minimum Gasteiger partial charge on any atom is -0.380 e. The van der Waals surface area contributed by atoms with Gasteiger partial charge in [-0.25, -0.2) is 8.42 Å². The Kier molecular flexibility index (Phi) is 9.96. The van der Waals surface area contributed by atoms with E-state index in [1.165, 1.54) is 33.8 Å². The fourth-order valence-corrected chi connectivity index (χ4v) is 9.29. The quantitative estimate of drug-likeness (QED) is 0.113. The van der Waals surface area contributed by atoms with E-state index in [1.54, 1.807) is 12.1 Å². The van der Waals surface area contributed by atoms with Gasteiger partial charge in [-0.2, -0.15) is 4.58 Å². The van der Waals surface area contributed by atoms with Gasteiger partial charge in [-0.3, -0.25) is 9.62 Å². The molecule has 1 fully saturated rings. The summed E-state index contributed by atoms with van der Waals surface area (Å²) in [4.78, 5) is 4.92. The Labute approximate surface area is 316 Å². The molecule has 0 spiro atoms. The van der Waals surface area contributed by atoms with Crippen molar-refractivity contribution in [3.05, 3.63) is 150 Å². The van der Waals surface area contributed by atoms with Crippen molar-refractivity contribution in [2.24, 2.45) is 0 Å². The van der Waals surface area contributed by atoms with Gasteiger partial charge in [-0.05, 0) is 81.3 Å². The first kappa shape index (κ1) is 36.4. The van der Waals surface area contributed by atoms with Crippen LogP contribution in [0.1, 0.15) is 58.2 Å². The van der Waals surface area contributed by atoms with Crippen LogP contribution in [-0.4, -0.2) is 55.8 Å². The van der Waals surface area contributed by atoms with E-state index < -0.39 is 10.0 Å². The predicted molar refractivity (Wildman–Crippen MR) is 220 cm³/mol. The van der Waals surface area contributed by atoms with Crippen molar-refractivity contribution in [3.8, 4) is 0 Å². The first-order chi connectivity index (χ1) is 25.4. The maximum Gasteiger partial charge on any atom is 0.261 e. The molecule has 0 atom stereocenters. The minimum atomic E-state index is -3.78. The van der Waals surface area contributed by atoms with E-state index in [9.17, 15) is 8.42 Å². The number of rotatable bonds is 12. The molecular formula is C45H52N5O2S+. The largest absolute Gasteiger partial charge is 0.380 e. The molecule has 0 saturated carbocycles. The molecule has 4 aromatic rings. The molecule has 7 rings (SSSR count). The second kappa shape index (κ2) is 14.5. The molecule has 7 nitrogen and oxygen atoms in total. The monoisotopic (exact) mass is 726 g/mol. The van der Waals surface area contributed by atoms with Crippen LogP contribution in [0.5, 0.6) is 0 Å². The first-order valence-electron chi connectivity index (χ1n) is 18.8. The van der Waals surface area contributed by atoms with Crippen LogP contribution in [-0.2, 0) is 27.4 Å². The van der Waals surface area contributed by atoms with Crippen molar-refractivity contribution in [2.45, 2.75) is 69.9 Å². The molecule has 274 valence electrons. The van der Waals surface area contributed by atoms with E-state index >= 15 is 0 Å². The van der Waals surface area contributed by atoms with Gasteiger partial charge in [0.2, 0.25) is 5.69 Å². The number of sulfonamides is 1. The Bertz CT molecular complexity index is 2210. The standard InChI is InChI=1S/C45H52N5O2S/c1-7-49-40-20-16-15-19-38(40)44(3,4)42(49)21-13-10-14-22-43-45(5,6)39-28-25-35(29-41(39)50(43)8-2)47-53(51,52)37-26-23-34(24-27-37)46-36-31-48(32-36)30-33-17-11-9-12-18-33/h9-29,36,46-47H,7-8,30-32H2,1-6H3/q+1. The van der Waals surface area contributed by atoms with Gasteiger partial charge in [0.15, 0.2) is 5.71 Å². The highest BCUT2D eigenvalue weighted by Gasteiger charge is 2.43. The van der Waals surface area contributed by atoms with Crippen molar-refractivity contribution in [3.63, 3.8) is 0 Å². The second-order valence-corrected chi connectivity index (χ2v) is 17.0. The molecule has 0 aliphatic carbocycles. The summed E-state index contributed by atoms with van der Waals surface area (Å²) in [7, 11) is -3.78. The predicted octanol–water partition coefficient (Wildman–Crippen LogP) is 8.99. The van der Waals surface area contributed by atoms with Gasteiger partial charge in [-0.15, -0.1) is 0 Å². The average molecular weight is 727 g/mol. The smallest absolute Gasteiger partial charge is 0.261 e. The number of hydrogen-bond acceptors (Lipinski definition) is 5. The lowest BCUT2D eigenvalue weighted by atomic mass is 9.81. The summed E-state index contributed by atoms with van der Waals surface area (Å²) in [5.41, 5.74) is 9.78. The minimum absolute atomic E-state index is 0.0645. The van der Waals surface area contributed by atoms with E-state index in [1.807, 2.05) is 30.3 Å². The van der Waals surface area contributed by atoms with Crippen LogP contribution in [0.4, 0.5) is 22.7 Å². The third-order valence-corrected chi connectivity index (χ3v) is 12.4. The van der Waals surface area contributed by atoms with Crippen LogP contribution < -0.4 is 14.9 Å². The van der Waals surface area contributed by atoms with Crippen LogP contribution in [0.25, 0.3) is 0 Å². The van der Waals surface area contributed by atoms with Crippen molar-refractivity contribution in [1.82, 2.24) is 4.90 Å². The molecular weight excluding hydrogens is 675 g/mol. The van der Waals surface area contributed by atoms with Crippen molar-refractivity contribution >= 4 is 38.5 Å². The molecule has 3 aliphatic rings. The van der Waals surface area contributed by atoms with E-state index in [-0.39, 0.29) is 15.7 Å². The van der Waals surface area contributed by atoms with Gasteiger partial charge in [0, 0.05) is 66.4 Å². The zero-order valence-electron chi connectivity index (χ0n) is 31.8. The topological polar surface area (TPSA) is 67.7 Å². The number of anilines is 3. The molecule has 0 unspecified atom stereocenters. The molecule has 3 heterocycles. The highest BCUT2D eigenvalue weighted by molar-refractivity contribution is 7.92. The molecule has 0 aromatic heterocycles. The number of likely N-dealkylation sites (N-methyl/N-ethyl adjacent to an activating group) is 1. The fraction of sp³-hybridized carbons (Fsp3) is 0.311. The average Bonchev–Trinajstić information content (AvgIpc) is 3.48. The van der Waals surface area contributed by atoms with Gasteiger partial charge in [0.1, 0.15) is 6.54 Å². The number of nitrogens with one attached hydrogen (secondary N) is 2. The van der Waals surface area contributed by atoms with Crippen molar-refractivity contribution in [2.75, 3.05) is 41.1 Å². The highest BCUT2D eigenvalue weighted by atomic mass is 32.2. The molecule has 2 N–H and O–H groups in total. The highest BCUT2D eigenvalue weighted by Crippen LogP contribution is 2.48. The number of benzene rings is 4. The number of likely N-dealkylation sites (tertiary alicyclic amines) is 1. The maximum absolute atomic E-state index is 13.5. The zero-order valence-corrected chi connectivity index (χ0v) is 32.6. The molecule has 3 aliphatic heterocycles. The van der Waals surface area contributed by atoms with E-state index in [2.05, 4.69) is 151 Å². The van der Waals surface area contributed by atoms with Crippen LogP contribution in [0.3, 0.4) is 0 Å². The lowest BCUT2D eigenvalue weighted by Crippen LogP contribution is -2.53. The summed E-state index contributed by atoms with van der Waals surface area (Å²) in [5, 5.41) is 3.54. The third kappa shape index (κ3) is 7.10. The Morgan fingerprint density at radius 3 is 2.21 bits per heavy atom. The second-order valence-electron chi connectivity index (χ2n) is 15.3. The van der Waals surface area contributed by atoms with Crippen LogP contribution in [0.2, 0.25) is 0 Å². The molecule has 4 aromatic carbocycles. The van der Waals surface area contributed by atoms with Crippen molar-refractivity contribution < 1.29 is 13.0 Å². The zero-order chi connectivity index (χ0) is 37.4. The number of allylic oxidation sites excluding steroid dienone is 6. The van der Waals surface area contributed by atoms with Gasteiger partial charge in [0.25, 0.3) is 10.0 Å². The van der Waals surface area contributed by atoms with E-state index in [4.69, 9.17) is 0 Å². The molecule has 0 radical (unpaired) electrons. The Morgan fingerprint density at radius 1 is 0.792 bits per heavy atom. The number of para-hydroxylation sites is 1. The summed E-state index contributed by atoms with van der Waals surface area (Å²) < 4.78 is 32.3. The van der Waals surface area contributed by atoms with Gasteiger partial charge >= 0.3 is 0 Å². The lowest BCUT2D eigenvalue weighted by Gasteiger charge is -2.40. The Morgan fingerprint density at radius 2 is 1.49 bits per heavy atom. The van der Waals surface area contributed by atoms with Gasteiger partial charge < -0.3 is 10.2 Å². The normalized spacial score (nSPS) is 18.9. The van der Waals surface area contributed by atoms with Crippen molar-refractivity contribution in [1.29, 1.82) is 0 Å². The van der Waals surface area contributed by atoms with Crippen LogP contribution >= 0.6 is 0 Å². The molecule has 8 heteroatoms. The summed E-state index contributed by atoms with van der Waals surface area (Å²) >= 11 is 0. The van der Waals surface area contributed by atoms with E-state index in [0.29, 0.717) is 11.7 Å². The first-order valence-corrected chi connectivity index (χ1v) is 20.3. The summed E-state index contributed by atoms with van der Waals surface area (Å²) in [6.45, 7) is 17.9.